The number of nitrogens with zero attached hydrogens (tertiary/aromatic N) is 4. The number of hydrogen-bond donors (Lipinski definition) is 2. The van der Waals surface area contributed by atoms with Gasteiger partial charge in [0.25, 0.3) is 5.91 Å². The third-order valence-corrected chi connectivity index (χ3v) is 5.13. The molecule has 35 heavy (non-hydrogen) atoms. The number of primary amides is 1. The van der Waals surface area contributed by atoms with Gasteiger partial charge in [-0.05, 0) is 24.3 Å². The van der Waals surface area contributed by atoms with Crippen molar-refractivity contribution in [2.45, 2.75) is 51.3 Å². The maximum atomic E-state index is 12.4. The minimum Gasteiger partial charge on any atom is -0.398 e. The fourth-order valence-corrected chi connectivity index (χ4v) is 3.36. The number of halogens is 6. The second-order valence-corrected chi connectivity index (χ2v) is 7.94. The van der Waals surface area contributed by atoms with E-state index in [1.807, 2.05) is 0 Å². The molecule has 4 N–H and O–H groups in total. The number of carbonyl (C=O) groups excluding carboxylic acids is 1. The van der Waals surface area contributed by atoms with E-state index >= 15 is 0 Å². The molecule has 0 radical (unpaired) electrons. The van der Waals surface area contributed by atoms with Crippen LogP contribution in [0, 0.1) is 11.3 Å². The van der Waals surface area contributed by atoms with E-state index in [4.69, 9.17) is 28.3 Å². The van der Waals surface area contributed by atoms with Gasteiger partial charge in [0.15, 0.2) is 5.69 Å². The number of aromatic nitrogens is 3. The van der Waals surface area contributed by atoms with E-state index in [-0.39, 0.29) is 21.4 Å². The van der Waals surface area contributed by atoms with Gasteiger partial charge in [-0.25, -0.2) is 9.67 Å². The van der Waals surface area contributed by atoms with E-state index < -0.39 is 30.0 Å². The van der Waals surface area contributed by atoms with Crippen LogP contribution < -0.4 is 11.5 Å². The molecule has 0 unspecified atom stereocenters. The van der Waals surface area contributed by atoms with E-state index in [9.17, 15) is 26.7 Å². The van der Waals surface area contributed by atoms with Gasteiger partial charge in [0.1, 0.15) is 11.8 Å². The molecule has 0 aliphatic heterocycles. The topological polar surface area (TPSA) is 124 Å². The van der Waals surface area contributed by atoms with Gasteiger partial charge >= 0.3 is 12.7 Å². The summed E-state index contributed by atoms with van der Waals surface area (Å²) in [6.45, 7) is -2.89. The number of nitriles is 1. The first-order valence-corrected chi connectivity index (χ1v) is 10.8. The molecule has 3 aromatic rings. The summed E-state index contributed by atoms with van der Waals surface area (Å²) in [5.41, 5.74) is 8.83. The van der Waals surface area contributed by atoms with E-state index in [1.165, 1.54) is 62.8 Å². The Bertz CT molecular complexity index is 1190. The van der Waals surface area contributed by atoms with Crippen molar-refractivity contribution in [3.63, 3.8) is 0 Å². The molecule has 0 bridgehead atoms. The maximum absolute atomic E-state index is 12.4. The smallest absolute Gasteiger partial charge is 0.398 e. The lowest BCUT2D eigenvalue weighted by molar-refractivity contribution is -0.140. The van der Waals surface area contributed by atoms with Crippen molar-refractivity contribution in [1.29, 1.82) is 5.26 Å². The Morgan fingerprint density at radius 1 is 1.11 bits per heavy atom. The highest BCUT2D eigenvalue weighted by Crippen LogP contribution is 2.32. The van der Waals surface area contributed by atoms with Gasteiger partial charge in [-0.2, -0.15) is 32.3 Å². The molecule has 7 nitrogen and oxygen atoms in total. The molecule has 1 amide bonds. The van der Waals surface area contributed by atoms with Crippen molar-refractivity contribution in [3.8, 4) is 6.07 Å². The van der Waals surface area contributed by atoms with Crippen molar-refractivity contribution >= 4 is 34.1 Å². The Hall–Kier alpha value is -3.46. The summed E-state index contributed by atoms with van der Waals surface area (Å²) in [6, 6.07) is 6.65. The van der Waals surface area contributed by atoms with Gasteiger partial charge in [0.2, 0.25) is 0 Å². The summed E-state index contributed by atoms with van der Waals surface area (Å²) < 4.78 is 61.5. The zero-order valence-electron chi connectivity index (χ0n) is 18.3. The average Bonchev–Trinajstić information content (AvgIpc) is 3.26. The highest BCUT2D eigenvalue weighted by atomic mass is 35.5. The summed E-state index contributed by atoms with van der Waals surface area (Å²) in [5, 5.41) is 12.4. The molecule has 0 atom stereocenters. The van der Waals surface area contributed by atoms with Gasteiger partial charge in [0.05, 0.1) is 11.1 Å². The monoisotopic (exact) mass is 516 g/mol. The molecule has 1 fully saturated rings. The lowest BCUT2D eigenvalue weighted by Crippen LogP contribution is -2.11. The van der Waals surface area contributed by atoms with Gasteiger partial charge in [0, 0.05) is 22.3 Å². The van der Waals surface area contributed by atoms with Gasteiger partial charge < -0.3 is 11.5 Å². The number of carbonyl (C=O) groups is 1. The van der Waals surface area contributed by atoms with Crippen LogP contribution in [0.1, 0.15) is 66.8 Å². The number of benzene rings is 1. The first-order chi connectivity index (χ1) is 16.4. The average molecular weight is 517 g/mol. The van der Waals surface area contributed by atoms with Crippen molar-refractivity contribution in [2.24, 2.45) is 5.73 Å². The first-order valence-electron chi connectivity index (χ1n) is 10.4. The van der Waals surface area contributed by atoms with Crippen molar-refractivity contribution in [2.75, 3.05) is 5.73 Å². The standard InChI is InChI=1S/C10H6ClF3N2.C6H4F2N4O.C6H12/c11-5-1-2-8-6(3-5)7(15)4-9(16-8)10(12,13)14;7-6(8)12-2-3(5(10)13)4(1-9)11-12;1-2-4-6-5-3-1/h1-4H,(H2,15,16);2,6H,(H2,10,13);1-6H2. The molecular formula is C22H22ClF5N6O. The van der Waals surface area contributed by atoms with E-state index in [0.29, 0.717) is 10.4 Å². The van der Waals surface area contributed by atoms with Crippen molar-refractivity contribution in [3.05, 3.63) is 52.4 Å². The lowest BCUT2D eigenvalue weighted by atomic mass is 10.0. The van der Waals surface area contributed by atoms with Crippen molar-refractivity contribution < 1.29 is 26.7 Å². The van der Waals surface area contributed by atoms with Gasteiger partial charge in [-0.1, -0.05) is 50.1 Å². The van der Waals surface area contributed by atoms with Crippen LogP contribution in [0.3, 0.4) is 0 Å². The quantitative estimate of drug-likeness (QED) is 0.399. The fourth-order valence-electron chi connectivity index (χ4n) is 3.18. The molecule has 1 aliphatic carbocycles. The number of pyridine rings is 1. The van der Waals surface area contributed by atoms with Crippen LogP contribution in [0.15, 0.2) is 30.5 Å². The SMILES string of the molecule is C1CCCCC1.N#Cc1nn(C(F)F)cc1C(N)=O.Nc1cc(C(F)(F)F)nc2ccc(Cl)cc12. The molecule has 1 aromatic carbocycles. The highest BCUT2D eigenvalue weighted by Gasteiger charge is 2.33. The molecule has 4 rings (SSSR count). The first kappa shape index (κ1) is 27.8. The summed E-state index contributed by atoms with van der Waals surface area (Å²) in [6.07, 6.45) is 5.24. The van der Waals surface area contributed by atoms with Gasteiger partial charge in [-0.15, -0.1) is 0 Å². The highest BCUT2D eigenvalue weighted by molar-refractivity contribution is 6.31. The number of hydrogen-bond acceptors (Lipinski definition) is 5. The lowest BCUT2D eigenvalue weighted by Gasteiger charge is -2.09. The number of nitrogens with two attached hydrogens (primary N) is 2. The van der Waals surface area contributed by atoms with Crippen LogP contribution in [-0.4, -0.2) is 20.7 Å². The molecule has 0 spiro atoms. The van der Waals surface area contributed by atoms with Crippen LogP contribution in [0.4, 0.5) is 27.6 Å². The molecule has 1 saturated carbocycles. The van der Waals surface area contributed by atoms with Crippen LogP contribution in [0.5, 0.6) is 0 Å². The normalized spacial score (nSPS) is 13.3. The minimum absolute atomic E-state index is 0.0137. The Morgan fingerprint density at radius 2 is 1.69 bits per heavy atom. The summed E-state index contributed by atoms with van der Waals surface area (Å²) in [5.74, 6) is -0.955. The van der Waals surface area contributed by atoms with Crippen LogP contribution in [0.2, 0.25) is 5.02 Å². The third-order valence-electron chi connectivity index (χ3n) is 4.90. The van der Waals surface area contributed by atoms with E-state index in [0.717, 1.165) is 12.3 Å². The predicted molar refractivity (Wildman–Crippen MR) is 121 cm³/mol. The Labute approximate surface area is 202 Å². The number of anilines is 1. The molecule has 13 heteroatoms. The fraction of sp³-hybridized carbons (Fsp3) is 0.364. The third kappa shape index (κ3) is 8.06. The molecular weight excluding hydrogens is 495 g/mol. The number of fused-ring (bicyclic) bond motifs is 1. The second kappa shape index (κ2) is 12.3. The maximum Gasteiger partial charge on any atom is 0.433 e. The summed E-state index contributed by atoms with van der Waals surface area (Å²) in [7, 11) is 0. The van der Waals surface area contributed by atoms with Crippen LogP contribution >= 0.6 is 11.6 Å². The largest absolute Gasteiger partial charge is 0.433 e. The zero-order chi connectivity index (χ0) is 26.2. The molecule has 188 valence electrons. The Kier molecular flexibility index (Phi) is 9.77. The second-order valence-electron chi connectivity index (χ2n) is 7.50. The molecule has 2 aromatic heterocycles. The molecule has 1 aliphatic rings. The van der Waals surface area contributed by atoms with E-state index in [2.05, 4.69) is 10.1 Å². The predicted octanol–water partition coefficient (Wildman–Crippen LogP) is 6.08. The van der Waals surface area contributed by atoms with Crippen LogP contribution in [-0.2, 0) is 6.18 Å². The number of alkyl halides is 5. The summed E-state index contributed by atoms with van der Waals surface area (Å²) in [4.78, 5) is 14.1. The van der Waals surface area contributed by atoms with E-state index in [1.54, 1.807) is 0 Å². The zero-order valence-corrected chi connectivity index (χ0v) is 19.1. The van der Waals surface area contributed by atoms with Gasteiger partial charge in [-0.3, -0.25) is 4.79 Å². The molecule has 2 heterocycles. The van der Waals surface area contributed by atoms with Crippen molar-refractivity contribution in [1.82, 2.24) is 14.8 Å². The molecule has 0 saturated heterocycles. The Balaban J connectivity index is 0.000000203. The number of amides is 1. The number of rotatable bonds is 2. The number of nitrogen functional groups attached to an aromatic ring is 1. The summed E-state index contributed by atoms with van der Waals surface area (Å²) >= 11 is 5.71. The Morgan fingerprint density at radius 3 is 2.11 bits per heavy atom. The van der Waals surface area contributed by atoms with Crippen LogP contribution in [0.25, 0.3) is 10.9 Å². The minimum atomic E-state index is -4.50.